The molecule has 7 heteroatoms. The molecule has 1 saturated heterocycles. The number of benzene rings is 2. The second-order valence-electron chi connectivity index (χ2n) is 8.37. The number of ketones is 1. The van der Waals surface area contributed by atoms with Gasteiger partial charge in [0, 0.05) is 24.4 Å². The molecule has 174 valence electrons. The first-order chi connectivity index (χ1) is 15.9. The number of esters is 1. The van der Waals surface area contributed by atoms with Crippen LogP contribution in [0.4, 0.5) is 0 Å². The summed E-state index contributed by atoms with van der Waals surface area (Å²) in [5, 5.41) is 2.84. The van der Waals surface area contributed by atoms with Gasteiger partial charge in [0.1, 0.15) is 6.04 Å². The summed E-state index contributed by atoms with van der Waals surface area (Å²) in [7, 11) is 1.31. The van der Waals surface area contributed by atoms with Gasteiger partial charge < -0.3 is 15.0 Å². The summed E-state index contributed by atoms with van der Waals surface area (Å²) < 4.78 is 4.82. The number of likely N-dealkylation sites (tertiary alicyclic amines) is 1. The molecule has 33 heavy (non-hydrogen) atoms. The first kappa shape index (κ1) is 24.2. The van der Waals surface area contributed by atoms with Gasteiger partial charge in [-0.1, -0.05) is 55.5 Å². The molecule has 0 bridgehead atoms. The third-order valence-electron chi connectivity index (χ3n) is 5.95. The quantitative estimate of drug-likeness (QED) is 0.593. The van der Waals surface area contributed by atoms with Crippen LogP contribution in [0.5, 0.6) is 0 Å². The molecule has 0 aromatic heterocycles. The maximum absolute atomic E-state index is 13.2. The van der Waals surface area contributed by atoms with Crippen molar-refractivity contribution in [3.05, 3.63) is 71.8 Å². The van der Waals surface area contributed by atoms with Gasteiger partial charge in [0.05, 0.1) is 13.2 Å². The number of Topliss-reactive ketones (excluding diaryl/α,β-unsaturated/α-hetero) is 1. The molecule has 0 saturated carbocycles. The molecule has 0 spiro atoms. The predicted molar refractivity (Wildman–Crippen MR) is 123 cm³/mol. The average molecular weight is 451 g/mol. The van der Waals surface area contributed by atoms with Crippen molar-refractivity contribution in [1.29, 1.82) is 0 Å². The predicted octanol–water partition coefficient (Wildman–Crippen LogP) is 2.79. The van der Waals surface area contributed by atoms with Crippen molar-refractivity contribution in [2.45, 2.75) is 44.7 Å². The van der Waals surface area contributed by atoms with Gasteiger partial charge in [-0.25, -0.2) is 4.79 Å². The Morgan fingerprint density at radius 3 is 2.30 bits per heavy atom. The number of methoxy groups -OCH3 is 1. The van der Waals surface area contributed by atoms with Crippen LogP contribution in [0.1, 0.15) is 42.1 Å². The molecule has 0 aliphatic carbocycles. The van der Waals surface area contributed by atoms with E-state index in [0.29, 0.717) is 24.9 Å². The number of nitrogens with zero attached hydrogens (tertiary/aromatic N) is 1. The van der Waals surface area contributed by atoms with E-state index in [1.807, 2.05) is 36.4 Å². The summed E-state index contributed by atoms with van der Waals surface area (Å²) in [5.41, 5.74) is 1.37. The zero-order valence-electron chi connectivity index (χ0n) is 19.0. The van der Waals surface area contributed by atoms with E-state index in [-0.39, 0.29) is 24.0 Å². The SMILES string of the molecule is COC(=O)[C@@H]1CCCN1C(=O)C(C)CC(=O)C(Cc1ccccc1)NC(=O)c1ccccc1. The van der Waals surface area contributed by atoms with E-state index in [4.69, 9.17) is 4.74 Å². The lowest BCUT2D eigenvalue weighted by atomic mass is 9.94. The number of carbonyl (C=O) groups is 4. The summed E-state index contributed by atoms with van der Waals surface area (Å²) in [6.45, 7) is 2.15. The fourth-order valence-electron chi connectivity index (χ4n) is 4.15. The van der Waals surface area contributed by atoms with Crippen molar-refractivity contribution in [2.24, 2.45) is 5.92 Å². The number of amides is 2. The van der Waals surface area contributed by atoms with Crippen LogP contribution < -0.4 is 5.32 Å². The number of carbonyl (C=O) groups excluding carboxylic acids is 4. The zero-order chi connectivity index (χ0) is 23.8. The van der Waals surface area contributed by atoms with E-state index in [0.717, 1.165) is 12.0 Å². The molecule has 7 nitrogen and oxygen atoms in total. The molecule has 1 aliphatic rings. The van der Waals surface area contributed by atoms with Crippen LogP contribution in [0.2, 0.25) is 0 Å². The van der Waals surface area contributed by atoms with Gasteiger partial charge in [-0.3, -0.25) is 14.4 Å². The standard InChI is InChI=1S/C26H30N2O5/c1-18(25(31)28-15-9-14-22(28)26(32)33-2)16-23(29)21(17-19-10-5-3-6-11-19)27-24(30)20-12-7-4-8-13-20/h3-8,10-13,18,21-22H,9,14-17H2,1-2H3,(H,27,30)/t18?,21?,22-/m0/s1. The molecular weight excluding hydrogens is 420 g/mol. The van der Waals surface area contributed by atoms with Gasteiger partial charge in [0.15, 0.2) is 5.78 Å². The number of hydrogen-bond acceptors (Lipinski definition) is 5. The molecule has 1 N–H and O–H groups in total. The van der Waals surface area contributed by atoms with Crippen LogP contribution in [0.25, 0.3) is 0 Å². The average Bonchev–Trinajstić information content (AvgIpc) is 3.33. The van der Waals surface area contributed by atoms with Crippen LogP contribution in [0.15, 0.2) is 60.7 Å². The van der Waals surface area contributed by atoms with Gasteiger partial charge in [-0.15, -0.1) is 0 Å². The van der Waals surface area contributed by atoms with Crippen LogP contribution in [-0.4, -0.2) is 54.2 Å². The lowest BCUT2D eigenvalue weighted by Gasteiger charge is -2.26. The summed E-state index contributed by atoms with van der Waals surface area (Å²) in [6.07, 6.45) is 1.57. The highest BCUT2D eigenvalue weighted by molar-refractivity contribution is 5.99. The molecule has 1 aliphatic heterocycles. The number of hydrogen-bond donors (Lipinski definition) is 1. The van der Waals surface area contributed by atoms with Crippen LogP contribution >= 0.6 is 0 Å². The Labute approximate surface area is 194 Å². The molecule has 2 aromatic rings. The monoisotopic (exact) mass is 450 g/mol. The van der Waals surface area contributed by atoms with E-state index in [1.165, 1.54) is 12.0 Å². The van der Waals surface area contributed by atoms with Crippen molar-refractivity contribution in [3.8, 4) is 0 Å². The second kappa shape index (κ2) is 11.4. The highest BCUT2D eigenvalue weighted by atomic mass is 16.5. The molecule has 2 aromatic carbocycles. The minimum absolute atomic E-state index is 0.0319. The smallest absolute Gasteiger partial charge is 0.328 e. The minimum atomic E-state index is -0.773. The first-order valence-corrected chi connectivity index (χ1v) is 11.2. The van der Waals surface area contributed by atoms with Gasteiger partial charge in [0.2, 0.25) is 5.91 Å². The van der Waals surface area contributed by atoms with Crippen LogP contribution in [0, 0.1) is 5.92 Å². The molecule has 3 atom stereocenters. The lowest BCUT2D eigenvalue weighted by molar-refractivity contribution is -0.152. The summed E-state index contributed by atoms with van der Waals surface area (Å²) in [6, 6.07) is 16.8. The van der Waals surface area contributed by atoms with Crippen molar-refractivity contribution in [2.75, 3.05) is 13.7 Å². The molecule has 2 amide bonds. The van der Waals surface area contributed by atoms with Crippen LogP contribution in [-0.2, 0) is 25.5 Å². The zero-order valence-corrected chi connectivity index (χ0v) is 19.0. The maximum atomic E-state index is 13.2. The van der Waals surface area contributed by atoms with Crippen molar-refractivity contribution < 1.29 is 23.9 Å². The highest BCUT2D eigenvalue weighted by Gasteiger charge is 2.37. The molecule has 3 rings (SSSR count). The Kier molecular flexibility index (Phi) is 8.35. The fourth-order valence-corrected chi connectivity index (χ4v) is 4.15. The van der Waals surface area contributed by atoms with Crippen molar-refractivity contribution >= 4 is 23.6 Å². The van der Waals surface area contributed by atoms with Gasteiger partial charge in [0.25, 0.3) is 5.91 Å². The van der Waals surface area contributed by atoms with Crippen molar-refractivity contribution in [3.63, 3.8) is 0 Å². The van der Waals surface area contributed by atoms with Gasteiger partial charge in [-0.2, -0.15) is 0 Å². The number of nitrogens with one attached hydrogen (secondary N) is 1. The topological polar surface area (TPSA) is 92.8 Å². The Balaban J connectivity index is 1.71. The number of rotatable bonds is 9. The maximum Gasteiger partial charge on any atom is 0.328 e. The molecule has 2 unspecified atom stereocenters. The highest BCUT2D eigenvalue weighted by Crippen LogP contribution is 2.22. The Morgan fingerprint density at radius 1 is 1.03 bits per heavy atom. The Bertz CT molecular complexity index is 977. The van der Waals surface area contributed by atoms with E-state index in [1.54, 1.807) is 31.2 Å². The summed E-state index contributed by atoms with van der Waals surface area (Å²) in [4.78, 5) is 52.5. The van der Waals surface area contributed by atoms with E-state index >= 15 is 0 Å². The van der Waals surface area contributed by atoms with Gasteiger partial charge >= 0.3 is 5.97 Å². The normalized spacial score (nSPS) is 17.2. The Morgan fingerprint density at radius 2 is 1.67 bits per heavy atom. The molecular formula is C26H30N2O5. The molecule has 0 radical (unpaired) electrons. The molecule has 1 heterocycles. The van der Waals surface area contributed by atoms with Crippen molar-refractivity contribution in [1.82, 2.24) is 10.2 Å². The lowest BCUT2D eigenvalue weighted by Crippen LogP contribution is -2.46. The largest absolute Gasteiger partial charge is 0.467 e. The van der Waals surface area contributed by atoms with Crippen LogP contribution in [0.3, 0.4) is 0 Å². The second-order valence-corrected chi connectivity index (χ2v) is 8.37. The minimum Gasteiger partial charge on any atom is -0.467 e. The molecule has 1 fully saturated rings. The van der Waals surface area contributed by atoms with E-state index in [9.17, 15) is 19.2 Å². The van der Waals surface area contributed by atoms with Gasteiger partial charge in [-0.05, 0) is 37.0 Å². The number of ether oxygens (including phenoxy) is 1. The first-order valence-electron chi connectivity index (χ1n) is 11.2. The van der Waals surface area contributed by atoms with E-state index in [2.05, 4.69) is 5.32 Å². The Hall–Kier alpha value is -3.48. The van der Waals surface area contributed by atoms with E-state index < -0.39 is 24.0 Å². The summed E-state index contributed by atoms with van der Waals surface area (Å²) >= 11 is 0. The third-order valence-corrected chi connectivity index (χ3v) is 5.95. The third kappa shape index (κ3) is 6.28. The fraction of sp³-hybridized carbons (Fsp3) is 0.385. The summed E-state index contributed by atoms with van der Waals surface area (Å²) in [5.74, 6) is -1.86.